The van der Waals surface area contributed by atoms with Gasteiger partial charge in [0.2, 0.25) is 0 Å². The van der Waals surface area contributed by atoms with Crippen LogP contribution in [0.25, 0.3) is 0 Å². The Bertz CT molecular complexity index is 277. The van der Waals surface area contributed by atoms with Gasteiger partial charge in [0.15, 0.2) is 0 Å². The van der Waals surface area contributed by atoms with E-state index in [0.29, 0.717) is 5.02 Å². The van der Waals surface area contributed by atoms with E-state index >= 15 is 0 Å². The fourth-order valence-corrected chi connectivity index (χ4v) is 1.24. The molecule has 0 heterocycles. The van der Waals surface area contributed by atoms with Crippen LogP contribution < -0.4 is 0 Å². The molecule has 0 atom stereocenters. The second-order valence-electron chi connectivity index (χ2n) is 3.95. The van der Waals surface area contributed by atoms with Crippen LogP contribution in [0.5, 0.6) is 5.75 Å². The Labute approximate surface area is 123 Å². The molecule has 15 heavy (non-hydrogen) atoms. The third-order valence-corrected chi connectivity index (χ3v) is 1.97. The van der Waals surface area contributed by atoms with E-state index in [2.05, 4.69) is 20.8 Å². The van der Waals surface area contributed by atoms with Gasteiger partial charge in [-0.15, -0.1) is 24.8 Å². The van der Waals surface area contributed by atoms with Gasteiger partial charge in [-0.2, -0.15) is 0 Å². The summed E-state index contributed by atoms with van der Waals surface area (Å²) in [5, 5.41) is 9.86. The molecule has 0 aromatic heterocycles. The molecule has 0 unspecified atom stereocenters. The predicted octanol–water partition coefficient (Wildman–Crippen LogP) is 4.18. The van der Waals surface area contributed by atoms with E-state index in [-0.39, 0.29) is 57.7 Å². The van der Waals surface area contributed by atoms with Crippen molar-refractivity contribution >= 4 is 36.4 Å². The van der Waals surface area contributed by atoms with E-state index < -0.39 is 0 Å². The van der Waals surface area contributed by atoms with Crippen LogP contribution >= 0.6 is 36.4 Å². The van der Waals surface area contributed by atoms with Crippen molar-refractivity contribution in [2.24, 2.45) is 0 Å². The summed E-state index contributed by atoms with van der Waals surface area (Å²) < 4.78 is 0. The molecular formula is C10H15Cl3OTi. The molecule has 0 amide bonds. The Morgan fingerprint density at radius 3 is 1.87 bits per heavy atom. The number of phenols is 1. The molecule has 0 aliphatic heterocycles. The van der Waals surface area contributed by atoms with Gasteiger partial charge in [0, 0.05) is 26.7 Å². The number of hydrogen-bond donors (Lipinski definition) is 1. The summed E-state index contributed by atoms with van der Waals surface area (Å²) in [5.41, 5.74) is 1.08. The second-order valence-corrected chi connectivity index (χ2v) is 4.38. The summed E-state index contributed by atoms with van der Waals surface area (Å²) in [7, 11) is 0. The summed E-state index contributed by atoms with van der Waals surface area (Å²) in [6.07, 6.45) is 0. The first-order valence-electron chi connectivity index (χ1n) is 3.89. The number of rotatable bonds is 0. The number of aromatic hydroxyl groups is 1. The topological polar surface area (TPSA) is 20.2 Å². The smallest absolute Gasteiger partial charge is 0.117 e. The van der Waals surface area contributed by atoms with Gasteiger partial charge >= 0.3 is 0 Å². The van der Waals surface area contributed by atoms with E-state index in [1.807, 2.05) is 6.07 Å². The molecule has 1 N–H and O–H groups in total. The Morgan fingerprint density at radius 1 is 1.07 bits per heavy atom. The molecule has 0 radical (unpaired) electrons. The number of benzene rings is 1. The summed E-state index contributed by atoms with van der Waals surface area (Å²) in [6.45, 7) is 6.24. The maximum atomic E-state index is 9.27. The molecule has 0 aliphatic carbocycles. The number of halogens is 3. The third kappa shape index (κ3) is 6.70. The van der Waals surface area contributed by atoms with Crippen LogP contribution in [0.15, 0.2) is 18.2 Å². The van der Waals surface area contributed by atoms with E-state index in [0.717, 1.165) is 5.56 Å². The van der Waals surface area contributed by atoms with Crippen molar-refractivity contribution in [2.45, 2.75) is 26.2 Å². The van der Waals surface area contributed by atoms with E-state index in [1.54, 1.807) is 6.07 Å². The average Bonchev–Trinajstić information content (AvgIpc) is 1.82. The number of hydrogen-bond acceptors (Lipinski definition) is 1. The molecule has 0 aliphatic rings. The van der Waals surface area contributed by atoms with Gasteiger partial charge in [-0.25, -0.2) is 0 Å². The second kappa shape index (κ2) is 7.81. The van der Waals surface area contributed by atoms with Crippen LogP contribution in [0.4, 0.5) is 0 Å². The standard InChI is InChI=1S/C10H13ClO.2ClH.Ti/c1-10(2,3)7-4-8(11)6-9(12)5-7;;;/h4-6,12H,1-3H3;2*1H;. The first-order chi connectivity index (χ1) is 5.39. The maximum absolute atomic E-state index is 9.27. The van der Waals surface area contributed by atoms with Crippen molar-refractivity contribution in [3.8, 4) is 5.75 Å². The minimum absolute atomic E-state index is 0. The summed E-state index contributed by atoms with van der Waals surface area (Å²) >= 11 is 5.80. The molecule has 1 aromatic rings. The van der Waals surface area contributed by atoms with Crippen molar-refractivity contribution in [2.75, 3.05) is 0 Å². The van der Waals surface area contributed by atoms with Crippen molar-refractivity contribution in [1.82, 2.24) is 0 Å². The Kier molecular flexibility index (Phi) is 10.9. The SMILES string of the molecule is CC(C)(C)c1cc(O)cc(Cl)c1.Cl.Cl.[Ti]. The third-order valence-electron chi connectivity index (χ3n) is 1.75. The maximum Gasteiger partial charge on any atom is 0.117 e. The van der Waals surface area contributed by atoms with Gasteiger partial charge in [0.1, 0.15) is 5.75 Å². The van der Waals surface area contributed by atoms with Gasteiger partial charge < -0.3 is 5.11 Å². The molecule has 86 valence electrons. The van der Waals surface area contributed by atoms with Crippen LogP contribution in [-0.4, -0.2) is 5.11 Å². The summed E-state index contributed by atoms with van der Waals surface area (Å²) in [6, 6.07) is 5.16. The molecule has 0 bridgehead atoms. The first-order valence-corrected chi connectivity index (χ1v) is 4.27. The molecule has 1 nitrogen and oxygen atoms in total. The Balaban J connectivity index is -0.000000480. The minimum Gasteiger partial charge on any atom is -0.508 e. The van der Waals surface area contributed by atoms with Crippen molar-refractivity contribution in [3.05, 3.63) is 28.8 Å². The van der Waals surface area contributed by atoms with Crippen LogP contribution in [0.2, 0.25) is 5.02 Å². The molecular weight excluding hydrogens is 290 g/mol. The average molecular weight is 305 g/mol. The van der Waals surface area contributed by atoms with Crippen molar-refractivity contribution < 1.29 is 26.8 Å². The normalized spacial score (nSPS) is 9.33. The largest absolute Gasteiger partial charge is 0.508 e. The van der Waals surface area contributed by atoms with Crippen molar-refractivity contribution in [1.29, 1.82) is 0 Å². The predicted molar refractivity (Wildman–Crippen MR) is 66.3 cm³/mol. The van der Waals surface area contributed by atoms with Crippen LogP contribution in [0.3, 0.4) is 0 Å². The van der Waals surface area contributed by atoms with Crippen LogP contribution in [-0.2, 0) is 27.1 Å². The van der Waals surface area contributed by atoms with Crippen LogP contribution in [0, 0.1) is 0 Å². The zero-order valence-corrected chi connectivity index (χ0v) is 12.8. The quantitative estimate of drug-likeness (QED) is 0.713. The van der Waals surface area contributed by atoms with Gasteiger partial charge in [0.25, 0.3) is 0 Å². The molecule has 5 heteroatoms. The molecule has 0 saturated carbocycles. The van der Waals surface area contributed by atoms with E-state index in [9.17, 15) is 5.11 Å². The Morgan fingerprint density at radius 2 is 1.53 bits per heavy atom. The summed E-state index contributed by atoms with van der Waals surface area (Å²) in [4.78, 5) is 0. The molecule has 1 rings (SSSR count). The number of phenolic OH excluding ortho intramolecular Hbond substituents is 1. The zero-order valence-electron chi connectivity index (χ0n) is 8.87. The van der Waals surface area contributed by atoms with E-state index in [4.69, 9.17) is 11.6 Å². The first kappa shape index (κ1) is 20.9. The molecule has 0 spiro atoms. The van der Waals surface area contributed by atoms with Gasteiger partial charge in [-0.3, -0.25) is 0 Å². The van der Waals surface area contributed by atoms with Gasteiger partial charge in [-0.05, 0) is 29.2 Å². The fraction of sp³-hybridized carbons (Fsp3) is 0.400. The summed E-state index contributed by atoms with van der Waals surface area (Å²) in [5.74, 6) is 0.229. The molecule has 0 saturated heterocycles. The zero-order chi connectivity index (χ0) is 9.35. The van der Waals surface area contributed by atoms with Gasteiger partial charge in [-0.1, -0.05) is 32.4 Å². The van der Waals surface area contributed by atoms with Crippen LogP contribution in [0.1, 0.15) is 26.3 Å². The minimum atomic E-state index is 0. The van der Waals surface area contributed by atoms with Gasteiger partial charge in [0.05, 0.1) is 0 Å². The molecule has 1 aromatic carbocycles. The fourth-order valence-electron chi connectivity index (χ4n) is 1.01. The molecule has 0 fully saturated rings. The monoisotopic (exact) mass is 304 g/mol. The van der Waals surface area contributed by atoms with Crippen molar-refractivity contribution in [3.63, 3.8) is 0 Å². The van der Waals surface area contributed by atoms with E-state index in [1.165, 1.54) is 6.07 Å². The Hall–Kier alpha value is 0.604.